The Morgan fingerprint density at radius 2 is 2.00 bits per heavy atom. The van der Waals surface area contributed by atoms with E-state index in [4.69, 9.17) is 0 Å². The number of aliphatic hydroxyl groups is 1. The van der Waals surface area contributed by atoms with Crippen molar-refractivity contribution in [3.8, 4) is 0 Å². The van der Waals surface area contributed by atoms with E-state index < -0.39 is 5.60 Å². The van der Waals surface area contributed by atoms with Crippen LogP contribution in [0.1, 0.15) is 33.5 Å². The Balaban J connectivity index is 2.56. The zero-order valence-electron chi connectivity index (χ0n) is 11.1. The van der Waals surface area contributed by atoms with Crippen LogP contribution in [0.25, 0.3) is 0 Å². The maximum absolute atomic E-state index is 10.0. The number of thioether (sulfide) groups is 1. The minimum absolute atomic E-state index is 0.0295. The molecule has 0 saturated carbocycles. The van der Waals surface area contributed by atoms with Crippen molar-refractivity contribution in [1.82, 2.24) is 9.36 Å². The average Bonchev–Trinajstić information content (AvgIpc) is 2.62. The van der Waals surface area contributed by atoms with E-state index in [1.165, 1.54) is 11.5 Å². The SMILES string of the molecule is CSCC(C)(O)CNc1nc(C(C)(C)C)ns1. The quantitative estimate of drug-likeness (QED) is 0.864. The fourth-order valence-corrected chi connectivity index (χ4v) is 2.70. The number of rotatable bonds is 5. The first kappa shape index (κ1) is 14.7. The van der Waals surface area contributed by atoms with Gasteiger partial charge in [-0.15, -0.1) is 0 Å². The number of hydrogen-bond acceptors (Lipinski definition) is 6. The molecule has 1 heterocycles. The van der Waals surface area contributed by atoms with Crippen molar-refractivity contribution in [1.29, 1.82) is 0 Å². The second kappa shape index (κ2) is 5.54. The molecular weight excluding hydrogens is 254 g/mol. The van der Waals surface area contributed by atoms with Crippen LogP contribution in [0.5, 0.6) is 0 Å². The second-order valence-corrected chi connectivity index (χ2v) is 7.07. The Hall–Kier alpha value is -0.330. The predicted octanol–water partition coefficient (Wildman–Crippen LogP) is 2.36. The van der Waals surface area contributed by atoms with Crippen molar-refractivity contribution in [2.75, 3.05) is 23.9 Å². The van der Waals surface area contributed by atoms with Gasteiger partial charge in [0, 0.05) is 29.2 Å². The molecule has 1 aromatic rings. The Kier molecular flexibility index (Phi) is 4.80. The van der Waals surface area contributed by atoms with E-state index in [1.807, 2.05) is 13.2 Å². The standard InChI is InChI=1S/C11H21N3OS2/c1-10(2,3)8-13-9(17-14-8)12-6-11(4,15)7-16-5/h15H,6-7H2,1-5H3,(H,12,13,14). The molecular formula is C11H21N3OS2. The fourth-order valence-electron chi connectivity index (χ4n) is 1.23. The number of nitrogens with zero attached hydrogens (tertiary/aromatic N) is 2. The van der Waals surface area contributed by atoms with Gasteiger partial charge >= 0.3 is 0 Å². The minimum Gasteiger partial charge on any atom is -0.387 e. The Bertz CT molecular complexity index is 358. The molecule has 0 bridgehead atoms. The van der Waals surface area contributed by atoms with E-state index in [0.29, 0.717) is 12.3 Å². The summed E-state index contributed by atoms with van der Waals surface area (Å²) in [4.78, 5) is 4.42. The molecule has 0 spiro atoms. The van der Waals surface area contributed by atoms with Gasteiger partial charge in [-0.05, 0) is 13.2 Å². The van der Waals surface area contributed by atoms with Gasteiger partial charge in [0.25, 0.3) is 0 Å². The molecule has 0 aliphatic heterocycles. The molecule has 1 aromatic heterocycles. The second-order valence-electron chi connectivity index (χ2n) is 5.46. The smallest absolute Gasteiger partial charge is 0.202 e. The van der Waals surface area contributed by atoms with E-state index in [2.05, 4.69) is 35.4 Å². The van der Waals surface area contributed by atoms with Crippen molar-refractivity contribution >= 4 is 28.4 Å². The first-order valence-corrected chi connectivity index (χ1v) is 7.71. The van der Waals surface area contributed by atoms with Gasteiger partial charge in [0.15, 0.2) is 0 Å². The topological polar surface area (TPSA) is 58.0 Å². The van der Waals surface area contributed by atoms with Crippen LogP contribution in [0.15, 0.2) is 0 Å². The Labute approximate surface area is 111 Å². The molecule has 2 N–H and O–H groups in total. The molecule has 0 saturated heterocycles. The highest BCUT2D eigenvalue weighted by atomic mass is 32.2. The van der Waals surface area contributed by atoms with Crippen molar-refractivity contribution in [2.45, 2.75) is 38.7 Å². The lowest BCUT2D eigenvalue weighted by molar-refractivity contribution is 0.0997. The number of anilines is 1. The lowest BCUT2D eigenvalue weighted by atomic mass is 9.96. The molecule has 1 unspecified atom stereocenters. The highest BCUT2D eigenvalue weighted by Gasteiger charge is 2.22. The largest absolute Gasteiger partial charge is 0.387 e. The van der Waals surface area contributed by atoms with Gasteiger partial charge in [-0.3, -0.25) is 0 Å². The van der Waals surface area contributed by atoms with Gasteiger partial charge in [-0.25, -0.2) is 4.98 Å². The van der Waals surface area contributed by atoms with Crippen LogP contribution in [-0.2, 0) is 5.41 Å². The fraction of sp³-hybridized carbons (Fsp3) is 0.818. The van der Waals surface area contributed by atoms with Crippen LogP contribution >= 0.6 is 23.3 Å². The van der Waals surface area contributed by atoms with Crippen LogP contribution in [0.2, 0.25) is 0 Å². The number of hydrogen-bond donors (Lipinski definition) is 2. The van der Waals surface area contributed by atoms with Crippen molar-refractivity contribution in [2.24, 2.45) is 0 Å². The molecule has 0 fully saturated rings. The molecule has 4 nitrogen and oxygen atoms in total. The van der Waals surface area contributed by atoms with Gasteiger partial charge in [0.1, 0.15) is 5.82 Å². The number of aromatic nitrogens is 2. The average molecular weight is 275 g/mol. The highest BCUT2D eigenvalue weighted by Crippen LogP contribution is 2.23. The van der Waals surface area contributed by atoms with E-state index in [1.54, 1.807) is 11.8 Å². The first-order chi connectivity index (χ1) is 7.74. The Morgan fingerprint density at radius 1 is 1.35 bits per heavy atom. The summed E-state index contributed by atoms with van der Waals surface area (Å²) >= 11 is 2.98. The third kappa shape index (κ3) is 4.81. The molecule has 0 aromatic carbocycles. The van der Waals surface area contributed by atoms with Crippen molar-refractivity contribution < 1.29 is 5.11 Å². The third-order valence-electron chi connectivity index (χ3n) is 2.17. The van der Waals surface area contributed by atoms with Gasteiger partial charge in [-0.1, -0.05) is 20.8 Å². The zero-order valence-corrected chi connectivity index (χ0v) is 12.7. The molecule has 0 aliphatic carbocycles. The van der Waals surface area contributed by atoms with Crippen LogP contribution in [0, 0.1) is 0 Å². The van der Waals surface area contributed by atoms with E-state index >= 15 is 0 Å². The zero-order chi connectivity index (χ0) is 13.1. The molecule has 0 radical (unpaired) electrons. The van der Waals surface area contributed by atoms with Gasteiger partial charge < -0.3 is 10.4 Å². The molecule has 17 heavy (non-hydrogen) atoms. The van der Waals surface area contributed by atoms with E-state index in [-0.39, 0.29) is 5.41 Å². The lowest BCUT2D eigenvalue weighted by Crippen LogP contribution is -2.36. The molecule has 1 atom stereocenters. The maximum atomic E-state index is 10.0. The molecule has 0 aliphatic rings. The highest BCUT2D eigenvalue weighted by molar-refractivity contribution is 7.98. The summed E-state index contributed by atoms with van der Waals surface area (Å²) in [6.45, 7) is 8.57. The summed E-state index contributed by atoms with van der Waals surface area (Å²) in [5.74, 6) is 1.54. The van der Waals surface area contributed by atoms with E-state index in [0.717, 1.165) is 11.0 Å². The molecule has 98 valence electrons. The van der Waals surface area contributed by atoms with Gasteiger partial charge in [-0.2, -0.15) is 16.1 Å². The molecule has 1 rings (SSSR count). The van der Waals surface area contributed by atoms with Gasteiger partial charge in [0.05, 0.1) is 5.60 Å². The summed E-state index contributed by atoms with van der Waals surface area (Å²) in [5.41, 5.74) is -0.745. The van der Waals surface area contributed by atoms with Crippen LogP contribution in [0.3, 0.4) is 0 Å². The summed E-state index contributed by atoms with van der Waals surface area (Å²) in [6, 6.07) is 0. The summed E-state index contributed by atoms with van der Waals surface area (Å²) in [6.07, 6.45) is 1.98. The molecule has 6 heteroatoms. The minimum atomic E-state index is -0.715. The molecule has 0 amide bonds. The summed E-state index contributed by atoms with van der Waals surface area (Å²) < 4.78 is 4.32. The van der Waals surface area contributed by atoms with Gasteiger partial charge in [0.2, 0.25) is 5.13 Å². The first-order valence-electron chi connectivity index (χ1n) is 5.54. The van der Waals surface area contributed by atoms with Crippen LogP contribution in [-0.4, -0.2) is 38.6 Å². The summed E-state index contributed by atoms with van der Waals surface area (Å²) in [7, 11) is 0. The Morgan fingerprint density at radius 3 is 2.47 bits per heavy atom. The predicted molar refractivity (Wildman–Crippen MR) is 76.1 cm³/mol. The lowest BCUT2D eigenvalue weighted by Gasteiger charge is -2.22. The normalized spacial score (nSPS) is 15.6. The van der Waals surface area contributed by atoms with Crippen molar-refractivity contribution in [3.05, 3.63) is 5.82 Å². The van der Waals surface area contributed by atoms with E-state index in [9.17, 15) is 5.11 Å². The summed E-state index contributed by atoms with van der Waals surface area (Å²) in [5, 5.41) is 13.9. The number of nitrogens with one attached hydrogen (secondary N) is 1. The maximum Gasteiger partial charge on any atom is 0.202 e. The van der Waals surface area contributed by atoms with Crippen LogP contribution < -0.4 is 5.32 Å². The third-order valence-corrected chi connectivity index (χ3v) is 3.76. The van der Waals surface area contributed by atoms with Crippen LogP contribution in [0.4, 0.5) is 5.13 Å². The van der Waals surface area contributed by atoms with Crippen molar-refractivity contribution in [3.63, 3.8) is 0 Å². The monoisotopic (exact) mass is 275 g/mol.